The van der Waals surface area contributed by atoms with Gasteiger partial charge in [-0.25, -0.2) is 4.39 Å². The lowest BCUT2D eigenvalue weighted by Gasteiger charge is -1.96. The average Bonchev–Trinajstić information content (AvgIpc) is 2.31. The Kier molecular flexibility index (Phi) is 2.08. The van der Waals surface area contributed by atoms with E-state index in [2.05, 4.69) is 28.0 Å². The van der Waals surface area contributed by atoms with Crippen LogP contribution >= 0.6 is 33.9 Å². The van der Waals surface area contributed by atoms with Crippen molar-refractivity contribution in [2.24, 2.45) is 0 Å². The zero-order chi connectivity index (χ0) is 8.72. The zero-order valence-corrected chi connectivity index (χ0v) is 9.37. The monoisotopic (exact) mass is 292 g/mol. The molecule has 0 saturated heterocycles. The van der Waals surface area contributed by atoms with Crippen LogP contribution in [0.2, 0.25) is 0 Å². The predicted octanol–water partition coefficient (Wildman–Crippen LogP) is 3.95. The maximum Gasteiger partial charge on any atom is 0.124 e. The van der Waals surface area contributed by atoms with E-state index in [9.17, 15) is 4.39 Å². The molecule has 1 heterocycles. The smallest absolute Gasteiger partial charge is 0.124 e. The molecule has 0 saturated carbocycles. The van der Waals surface area contributed by atoms with Gasteiger partial charge in [0.1, 0.15) is 5.82 Å². The molecule has 2 rings (SSSR count). The molecule has 62 valence electrons. The second kappa shape index (κ2) is 2.96. The van der Waals surface area contributed by atoms with Crippen LogP contribution in [0, 0.1) is 16.3 Å². The molecular weight excluding hydrogens is 286 g/mol. The first-order valence-corrected chi connectivity index (χ1v) is 5.47. The summed E-state index contributed by atoms with van der Waals surface area (Å²) in [7, 11) is 0. The number of rotatable bonds is 0. The van der Waals surface area contributed by atoms with Crippen molar-refractivity contribution in [3.63, 3.8) is 0 Å². The Morgan fingerprint density at radius 3 is 2.92 bits per heavy atom. The minimum atomic E-state index is -0.141. The van der Waals surface area contributed by atoms with Crippen LogP contribution in [0.5, 0.6) is 0 Å². The Labute approximate surface area is 87.5 Å². The topological polar surface area (TPSA) is 0 Å². The van der Waals surface area contributed by atoms with Gasteiger partial charge in [-0.1, -0.05) is 0 Å². The van der Waals surface area contributed by atoms with Crippen molar-refractivity contribution in [3.8, 4) is 0 Å². The SMILES string of the molecule is Cc1cc(F)cc2scc(I)c12. The highest BCUT2D eigenvalue weighted by molar-refractivity contribution is 14.1. The molecule has 0 spiro atoms. The molecule has 0 nitrogen and oxygen atoms in total. The van der Waals surface area contributed by atoms with Gasteiger partial charge in [-0.05, 0) is 47.2 Å². The number of thiophene rings is 1. The predicted molar refractivity (Wildman–Crippen MR) is 59.2 cm³/mol. The third-order valence-corrected chi connectivity index (χ3v) is 4.00. The molecule has 0 aliphatic carbocycles. The highest BCUT2D eigenvalue weighted by atomic mass is 127. The summed E-state index contributed by atoms with van der Waals surface area (Å²) in [6.45, 7) is 1.94. The molecule has 0 radical (unpaired) electrons. The Morgan fingerprint density at radius 1 is 1.42 bits per heavy atom. The lowest BCUT2D eigenvalue weighted by Crippen LogP contribution is -1.79. The van der Waals surface area contributed by atoms with Gasteiger partial charge < -0.3 is 0 Å². The number of benzene rings is 1. The van der Waals surface area contributed by atoms with E-state index in [0.717, 1.165) is 10.3 Å². The minimum absolute atomic E-state index is 0.141. The Bertz CT molecular complexity index is 433. The van der Waals surface area contributed by atoms with Crippen LogP contribution in [0.25, 0.3) is 10.1 Å². The molecule has 1 aromatic heterocycles. The fraction of sp³-hybridized carbons (Fsp3) is 0.111. The Morgan fingerprint density at radius 2 is 2.17 bits per heavy atom. The second-order valence-electron chi connectivity index (χ2n) is 2.68. The fourth-order valence-corrected chi connectivity index (χ4v) is 3.48. The first-order valence-electron chi connectivity index (χ1n) is 3.51. The lowest BCUT2D eigenvalue weighted by atomic mass is 10.1. The summed E-state index contributed by atoms with van der Waals surface area (Å²) in [5, 5.41) is 3.25. The zero-order valence-electron chi connectivity index (χ0n) is 6.40. The van der Waals surface area contributed by atoms with Crippen LogP contribution in [0.1, 0.15) is 5.56 Å². The summed E-state index contributed by atoms with van der Waals surface area (Å²) in [4.78, 5) is 0. The van der Waals surface area contributed by atoms with Crippen LogP contribution in [-0.2, 0) is 0 Å². The van der Waals surface area contributed by atoms with Gasteiger partial charge in [0.15, 0.2) is 0 Å². The standard InChI is InChI=1S/C9H6FIS/c1-5-2-6(10)3-8-9(5)7(11)4-12-8/h2-4H,1H3. The van der Waals surface area contributed by atoms with Gasteiger partial charge in [-0.15, -0.1) is 11.3 Å². The summed E-state index contributed by atoms with van der Waals surface area (Å²) in [6, 6.07) is 3.17. The summed E-state index contributed by atoms with van der Waals surface area (Å²) < 4.78 is 15.2. The van der Waals surface area contributed by atoms with Crippen molar-refractivity contribution in [2.45, 2.75) is 6.92 Å². The fourth-order valence-electron chi connectivity index (χ4n) is 1.29. The van der Waals surface area contributed by atoms with Crippen molar-refractivity contribution < 1.29 is 4.39 Å². The van der Waals surface area contributed by atoms with Gasteiger partial charge >= 0.3 is 0 Å². The van der Waals surface area contributed by atoms with Crippen LogP contribution in [0.3, 0.4) is 0 Å². The number of hydrogen-bond acceptors (Lipinski definition) is 1. The Hall–Kier alpha value is -0.160. The molecule has 0 amide bonds. The van der Waals surface area contributed by atoms with E-state index in [1.165, 1.54) is 8.96 Å². The van der Waals surface area contributed by atoms with Crippen molar-refractivity contribution in [1.82, 2.24) is 0 Å². The van der Waals surface area contributed by atoms with E-state index in [-0.39, 0.29) is 5.82 Å². The molecule has 2 aromatic rings. The Balaban J connectivity index is 2.93. The number of aryl methyl sites for hydroxylation is 1. The molecule has 0 atom stereocenters. The molecule has 0 unspecified atom stereocenters. The third-order valence-electron chi connectivity index (χ3n) is 1.79. The van der Waals surface area contributed by atoms with Gasteiger partial charge in [-0.3, -0.25) is 0 Å². The lowest BCUT2D eigenvalue weighted by molar-refractivity contribution is 0.629. The second-order valence-corrected chi connectivity index (χ2v) is 4.75. The molecule has 12 heavy (non-hydrogen) atoms. The van der Waals surface area contributed by atoms with E-state index < -0.39 is 0 Å². The molecular formula is C9H6FIS. The van der Waals surface area contributed by atoms with Crippen molar-refractivity contribution in [2.75, 3.05) is 0 Å². The van der Waals surface area contributed by atoms with Crippen LogP contribution < -0.4 is 0 Å². The normalized spacial score (nSPS) is 10.9. The van der Waals surface area contributed by atoms with E-state index in [1.54, 1.807) is 23.5 Å². The largest absolute Gasteiger partial charge is 0.207 e. The molecule has 0 bridgehead atoms. The highest BCUT2D eigenvalue weighted by Gasteiger charge is 2.05. The molecule has 3 heteroatoms. The quantitative estimate of drug-likeness (QED) is 0.645. The maximum absolute atomic E-state index is 12.9. The molecule has 0 aliphatic rings. The summed E-state index contributed by atoms with van der Waals surface area (Å²) in [6.07, 6.45) is 0. The third kappa shape index (κ3) is 1.25. The van der Waals surface area contributed by atoms with Crippen LogP contribution in [0.15, 0.2) is 17.5 Å². The molecule has 0 N–H and O–H groups in total. The van der Waals surface area contributed by atoms with Crippen molar-refractivity contribution in [3.05, 3.63) is 32.5 Å². The summed E-state index contributed by atoms with van der Waals surface area (Å²) in [5.74, 6) is -0.141. The number of fused-ring (bicyclic) bond motifs is 1. The van der Waals surface area contributed by atoms with Gasteiger partial charge in [0.05, 0.1) is 0 Å². The molecule has 0 aliphatic heterocycles. The molecule has 1 aromatic carbocycles. The van der Waals surface area contributed by atoms with Crippen LogP contribution in [-0.4, -0.2) is 0 Å². The van der Waals surface area contributed by atoms with Gasteiger partial charge in [0.2, 0.25) is 0 Å². The van der Waals surface area contributed by atoms with Crippen molar-refractivity contribution >= 4 is 44.0 Å². The van der Waals surface area contributed by atoms with Gasteiger partial charge in [-0.2, -0.15) is 0 Å². The average molecular weight is 292 g/mol. The first kappa shape index (κ1) is 8.44. The minimum Gasteiger partial charge on any atom is -0.207 e. The number of halogens is 2. The van der Waals surface area contributed by atoms with E-state index in [4.69, 9.17) is 0 Å². The molecule has 0 fully saturated rings. The van der Waals surface area contributed by atoms with E-state index >= 15 is 0 Å². The first-order chi connectivity index (χ1) is 5.68. The van der Waals surface area contributed by atoms with Crippen molar-refractivity contribution in [1.29, 1.82) is 0 Å². The van der Waals surface area contributed by atoms with Crippen LogP contribution in [0.4, 0.5) is 4.39 Å². The number of hydrogen-bond donors (Lipinski definition) is 0. The van der Waals surface area contributed by atoms with E-state index in [0.29, 0.717) is 0 Å². The summed E-state index contributed by atoms with van der Waals surface area (Å²) in [5.41, 5.74) is 1.02. The maximum atomic E-state index is 12.9. The van der Waals surface area contributed by atoms with E-state index in [1.807, 2.05) is 6.92 Å². The van der Waals surface area contributed by atoms with Gasteiger partial charge in [0, 0.05) is 19.0 Å². The summed E-state index contributed by atoms with van der Waals surface area (Å²) >= 11 is 3.87. The highest BCUT2D eigenvalue weighted by Crippen LogP contribution is 2.30. The van der Waals surface area contributed by atoms with Gasteiger partial charge in [0.25, 0.3) is 0 Å².